The molecule has 0 atom stereocenters. The molecule has 0 aliphatic heterocycles. The largest absolute Gasteiger partial charge is 0.464 e. The van der Waals surface area contributed by atoms with E-state index in [2.05, 4.69) is 13.8 Å². The molecule has 0 saturated heterocycles. The van der Waals surface area contributed by atoms with Gasteiger partial charge >= 0.3 is 0 Å². The Bertz CT molecular complexity index is 779. The summed E-state index contributed by atoms with van der Waals surface area (Å²) in [6.07, 6.45) is 3.16. The van der Waals surface area contributed by atoms with Crippen LogP contribution in [0.3, 0.4) is 0 Å². The van der Waals surface area contributed by atoms with Crippen LogP contribution in [0.15, 0.2) is 59.2 Å². The fourth-order valence-corrected chi connectivity index (χ4v) is 2.31. The number of hydrogen-bond donors (Lipinski definition) is 0. The first-order valence-electron chi connectivity index (χ1n) is 7.08. The third-order valence-electron chi connectivity index (χ3n) is 3.63. The number of benzene rings is 2. The molecule has 21 heavy (non-hydrogen) atoms. The molecule has 1 aromatic heterocycles. The van der Waals surface area contributed by atoms with Crippen LogP contribution in [-0.4, -0.2) is 0 Å². The number of furan rings is 1. The lowest BCUT2D eigenvalue weighted by molar-refractivity contribution is 0.615. The van der Waals surface area contributed by atoms with E-state index in [0.717, 1.165) is 10.9 Å². The molecule has 0 fully saturated rings. The lowest BCUT2D eigenvalue weighted by Gasteiger charge is -2.05. The van der Waals surface area contributed by atoms with Gasteiger partial charge in [-0.3, -0.25) is 0 Å². The van der Waals surface area contributed by atoms with Crippen LogP contribution in [0.1, 0.15) is 36.5 Å². The molecule has 0 amide bonds. The molecule has 0 spiro atoms. The lowest BCUT2D eigenvalue weighted by atomic mass is 10.0. The highest BCUT2D eigenvalue weighted by Gasteiger charge is 2.05. The number of rotatable bonds is 3. The predicted octanol–water partition coefficient (Wildman–Crippen LogP) is 6.02. The molecule has 0 N–H and O–H groups in total. The van der Waals surface area contributed by atoms with E-state index in [1.54, 1.807) is 24.5 Å². The predicted molar refractivity (Wildman–Crippen MR) is 85.7 cm³/mol. The SMILES string of the molecule is CC(C)c1ccc(/C=C(\F)c2ccc3ccoc3c2)cc1. The van der Waals surface area contributed by atoms with Gasteiger partial charge in [-0.1, -0.05) is 50.2 Å². The van der Waals surface area contributed by atoms with Crippen molar-refractivity contribution in [3.63, 3.8) is 0 Å². The fourth-order valence-electron chi connectivity index (χ4n) is 2.31. The van der Waals surface area contributed by atoms with Gasteiger partial charge in [0.05, 0.1) is 6.26 Å². The molecule has 2 heteroatoms. The van der Waals surface area contributed by atoms with Gasteiger partial charge in [0.2, 0.25) is 0 Å². The van der Waals surface area contributed by atoms with Crippen molar-refractivity contribution < 1.29 is 8.81 Å². The summed E-state index contributed by atoms with van der Waals surface area (Å²) in [6.45, 7) is 4.29. The molecule has 0 bridgehead atoms. The first-order valence-corrected chi connectivity index (χ1v) is 7.08. The normalized spacial score (nSPS) is 12.3. The Morgan fingerprint density at radius 3 is 2.52 bits per heavy atom. The Morgan fingerprint density at radius 2 is 1.81 bits per heavy atom. The summed E-state index contributed by atoms with van der Waals surface area (Å²) in [5.74, 6) is 0.222. The van der Waals surface area contributed by atoms with Crippen LogP contribution in [0, 0.1) is 0 Å². The molecule has 0 unspecified atom stereocenters. The van der Waals surface area contributed by atoms with Crippen LogP contribution in [0.5, 0.6) is 0 Å². The molecule has 106 valence electrons. The van der Waals surface area contributed by atoms with Crippen LogP contribution in [0.2, 0.25) is 0 Å². The van der Waals surface area contributed by atoms with Crippen LogP contribution in [-0.2, 0) is 0 Å². The average Bonchev–Trinajstić information content (AvgIpc) is 2.95. The maximum Gasteiger partial charge on any atom is 0.134 e. The van der Waals surface area contributed by atoms with E-state index in [0.29, 0.717) is 17.1 Å². The van der Waals surface area contributed by atoms with Crippen molar-refractivity contribution in [2.75, 3.05) is 0 Å². The molecular weight excluding hydrogens is 263 g/mol. The standard InChI is InChI=1S/C19H17FO/c1-13(2)15-5-3-14(4-6-15)11-18(20)17-8-7-16-9-10-21-19(16)12-17/h3-13H,1-2H3/b18-11-. The van der Waals surface area contributed by atoms with Crippen LogP contribution >= 0.6 is 0 Å². The quantitative estimate of drug-likeness (QED) is 0.534. The van der Waals surface area contributed by atoms with Gasteiger partial charge in [-0.2, -0.15) is 0 Å². The first-order chi connectivity index (χ1) is 10.1. The number of halogens is 1. The molecule has 2 aromatic carbocycles. The molecule has 0 aliphatic carbocycles. The highest BCUT2D eigenvalue weighted by molar-refractivity contribution is 5.84. The van der Waals surface area contributed by atoms with Crippen LogP contribution < -0.4 is 0 Å². The van der Waals surface area contributed by atoms with Gasteiger partial charge in [-0.25, -0.2) is 4.39 Å². The Kier molecular flexibility index (Phi) is 3.61. The number of hydrogen-bond acceptors (Lipinski definition) is 1. The lowest BCUT2D eigenvalue weighted by Crippen LogP contribution is -1.86. The van der Waals surface area contributed by atoms with Crippen molar-refractivity contribution in [1.82, 2.24) is 0 Å². The maximum atomic E-state index is 14.3. The minimum atomic E-state index is -0.259. The van der Waals surface area contributed by atoms with E-state index < -0.39 is 0 Å². The molecular formula is C19H17FO. The van der Waals surface area contributed by atoms with Gasteiger partial charge in [0.15, 0.2) is 0 Å². The second-order valence-electron chi connectivity index (χ2n) is 5.49. The summed E-state index contributed by atoms with van der Waals surface area (Å²) in [4.78, 5) is 0. The van der Waals surface area contributed by atoms with Gasteiger partial charge in [0.25, 0.3) is 0 Å². The molecule has 3 aromatic rings. The minimum Gasteiger partial charge on any atom is -0.464 e. The van der Waals surface area contributed by atoms with Crippen molar-refractivity contribution in [1.29, 1.82) is 0 Å². The summed E-state index contributed by atoms with van der Waals surface area (Å²) in [7, 11) is 0. The third-order valence-corrected chi connectivity index (χ3v) is 3.63. The summed E-state index contributed by atoms with van der Waals surface area (Å²) < 4.78 is 19.6. The third kappa shape index (κ3) is 2.89. The first kappa shape index (κ1) is 13.6. The van der Waals surface area contributed by atoms with Crippen LogP contribution in [0.4, 0.5) is 4.39 Å². The van der Waals surface area contributed by atoms with Gasteiger partial charge in [0, 0.05) is 10.9 Å². The Labute approximate surface area is 123 Å². The summed E-state index contributed by atoms with van der Waals surface area (Å²) in [6, 6.07) is 15.2. The Balaban J connectivity index is 1.90. The zero-order valence-corrected chi connectivity index (χ0v) is 12.1. The molecule has 0 aliphatic rings. The van der Waals surface area contributed by atoms with E-state index in [4.69, 9.17) is 4.42 Å². The molecule has 3 rings (SSSR count). The van der Waals surface area contributed by atoms with Crippen molar-refractivity contribution >= 4 is 22.9 Å². The van der Waals surface area contributed by atoms with E-state index in [-0.39, 0.29) is 5.83 Å². The smallest absolute Gasteiger partial charge is 0.134 e. The van der Waals surface area contributed by atoms with E-state index in [9.17, 15) is 4.39 Å². The monoisotopic (exact) mass is 280 g/mol. The second kappa shape index (κ2) is 5.57. The summed E-state index contributed by atoms with van der Waals surface area (Å²) in [5, 5.41) is 0.979. The minimum absolute atomic E-state index is 0.259. The van der Waals surface area contributed by atoms with E-state index in [1.807, 2.05) is 36.4 Å². The molecule has 1 nitrogen and oxygen atoms in total. The van der Waals surface area contributed by atoms with Crippen molar-refractivity contribution in [2.24, 2.45) is 0 Å². The van der Waals surface area contributed by atoms with Crippen LogP contribution in [0.25, 0.3) is 22.9 Å². The Morgan fingerprint density at radius 1 is 1.05 bits per heavy atom. The van der Waals surface area contributed by atoms with Gasteiger partial charge in [-0.05, 0) is 35.3 Å². The van der Waals surface area contributed by atoms with E-state index >= 15 is 0 Å². The summed E-state index contributed by atoms with van der Waals surface area (Å²) in [5.41, 5.74) is 3.34. The fraction of sp³-hybridized carbons (Fsp3) is 0.158. The van der Waals surface area contributed by atoms with E-state index in [1.165, 1.54) is 5.56 Å². The van der Waals surface area contributed by atoms with Gasteiger partial charge < -0.3 is 4.42 Å². The molecule has 0 radical (unpaired) electrons. The topological polar surface area (TPSA) is 13.1 Å². The van der Waals surface area contributed by atoms with Crippen molar-refractivity contribution in [3.05, 3.63) is 71.5 Å². The van der Waals surface area contributed by atoms with Crippen molar-refractivity contribution in [3.8, 4) is 0 Å². The van der Waals surface area contributed by atoms with Gasteiger partial charge in [0.1, 0.15) is 11.4 Å². The number of fused-ring (bicyclic) bond motifs is 1. The van der Waals surface area contributed by atoms with Gasteiger partial charge in [-0.15, -0.1) is 0 Å². The highest BCUT2D eigenvalue weighted by Crippen LogP contribution is 2.25. The van der Waals surface area contributed by atoms with Crippen molar-refractivity contribution in [2.45, 2.75) is 19.8 Å². The second-order valence-corrected chi connectivity index (χ2v) is 5.49. The highest BCUT2D eigenvalue weighted by atomic mass is 19.1. The Hall–Kier alpha value is -2.35. The zero-order chi connectivity index (χ0) is 14.8. The zero-order valence-electron chi connectivity index (χ0n) is 12.1. The molecule has 1 heterocycles. The maximum absolute atomic E-state index is 14.3. The molecule has 0 saturated carbocycles. The average molecular weight is 280 g/mol. The summed E-state index contributed by atoms with van der Waals surface area (Å²) >= 11 is 0.